The number of nitrogens with one attached hydrogen (secondary N) is 1. The number of hydrogen-bond donors (Lipinski definition) is 2. The highest BCUT2D eigenvalue weighted by atomic mass is 16.3. The second-order valence-corrected chi connectivity index (χ2v) is 6.86. The molecule has 0 radical (unpaired) electrons. The van der Waals surface area contributed by atoms with E-state index in [-0.39, 0.29) is 23.8 Å². The summed E-state index contributed by atoms with van der Waals surface area (Å²) in [6, 6.07) is 10.3. The molecular weight excluding hydrogens is 262 g/mol. The molecule has 114 valence electrons. The summed E-state index contributed by atoms with van der Waals surface area (Å²) in [5, 5.41) is 14.0. The predicted octanol–water partition coefficient (Wildman–Crippen LogP) is 2.85. The van der Waals surface area contributed by atoms with Gasteiger partial charge in [0.15, 0.2) is 0 Å². The Morgan fingerprint density at radius 1 is 1.33 bits per heavy atom. The summed E-state index contributed by atoms with van der Waals surface area (Å²) in [6.45, 7) is 3.78. The lowest BCUT2D eigenvalue weighted by atomic mass is 9.57. The molecule has 3 fully saturated rings. The molecule has 0 aliphatic heterocycles. The lowest BCUT2D eigenvalue weighted by Crippen LogP contribution is -2.65. The third-order valence-corrected chi connectivity index (χ3v) is 5.57. The predicted molar refractivity (Wildman–Crippen MR) is 82.9 cm³/mol. The van der Waals surface area contributed by atoms with Gasteiger partial charge in [-0.2, -0.15) is 0 Å². The van der Waals surface area contributed by atoms with Crippen LogP contribution in [-0.2, 0) is 4.79 Å². The van der Waals surface area contributed by atoms with Gasteiger partial charge in [0.1, 0.15) is 5.78 Å². The van der Waals surface area contributed by atoms with Gasteiger partial charge in [0.05, 0.1) is 11.6 Å². The number of fused-ring (bicyclic) bond motifs is 3. The maximum absolute atomic E-state index is 12.4. The van der Waals surface area contributed by atoms with Crippen molar-refractivity contribution in [3.05, 3.63) is 35.9 Å². The molecule has 2 N–H and O–H groups in total. The normalized spacial score (nSPS) is 36.4. The Morgan fingerprint density at radius 3 is 2.62 bits per heavy atom. The monoisotopic (exact) mass is 287 g/mol. The van der Waals surface area contributed by atoms with E-state index in [0.717, 1.165) is 25.7 Å². The molecule has 0 aromatic heterocycles. The van der Waals surface area contributed by atoms with Crippen molar-refractivity contribution in [2.45, 2.75) is 57.2 Å². The summed E-state index contributed by atoms with van der Waals surface area (Å²) in [6.07, 6.45) is 3.51. The van der Waals surface area contributed by atoms with Gasteiger partial charge in [0, 0.05) is 12.0 Å². The molecule has 2 bridgehead atoms. The second kappa shape index (κ2) is 5.54. The summed E-state index contributed by atoms with van der Waals surface area (Å²) in [5.74, 6) is 0.717. The largest absolute Gasteiger partial charge is 0.393 e. The zero-order chi connectivity index (χ0) is 15.0. The van der Waals surface area contributed by atoms with E-state index in [9.17, 15) is 9.90 Å². The number of ketones is 1. The van der Waals surface area contributed by atoms with Crippen molar-refractivity contribution in [2.24, 2.45) is 11.8 Å². The molecular formula is C18H25NO2. The van der Waals surface area contributed by atoms with Gasteiger partial charge in [-0.05, 0) is 51.0 Å². The van der Waals surface area contributed by atoms with E-state index < -0.39 is 5.54 Å². The average Bonchev–Trinajstić information content (AvgIpc) is 2.48. The molecule has 0 amide bonds. The number of benzene rings is 1. The summed E-state index contributed by atoms with van der Waals surface area (Å²) >= 11 is 0. The Kier molecular flexibility index (Phi) is 3.89. The van der Waals surface area contributed by atoms with Crippen molar-refractivity contribution in [1.82, 2.24) is 5.32 Å². The molecule has 1 aromatic rings. The standard InChI is InChI=1S/C18H25NO2/c1-12(15-6-4-3-5-7-15)19-18(13(2)20)11-14-8-9-16(18)17(21)10-14/h3-7,12,14,16-17,19,21H,8-11H2,1-2H3/t12-,14+,16-,17-,18+/m1/s1. The quantitative estimate of drug-likeness (QED) is 0.895. The second-order valence-electron chi connectivity index (χ2n) is 6.86. The number of carbonyl (C=O) groups excluding carboxylic acids is 1. The van der Waals surface area contributed by atoms with Crippen LogP contribution in [0.3, 0.4) is 0 Å². The highest BCUT2D eigenvalue weighted by Gasteiger charge is 2.54. The summed E-state index contributed by atoms with van der Waals surface area (Å²) in [5.41, 5.74) is 0.643. The third kappa shape index (κ3) is 2.53. The van der Waals surface area contributed by atoms with Gasteiger partial charge in [0.25, 0.3) is 0 Å². The van der Waals surface area contributed by atoms with Crippen molar-refractivity contribution in [1.29, 1.82) is 0 Å². The van der Waals surface area contributed by atoms with E-state index in [1.54, 1.807) is 6.92 Å². The molecule has 3 saturated carbocycles. The molecule has 3 heteroatoms. The SMILES string of the molecule is CC(=O)[C@@]1(N[C@H](C)c2ccccc2)C[C@H]2CC[C@@H]1[C@H](O)C2. The Balaban J connectivity index is 1.87. The summed E-state index contributed by atoms with van der Waals surface area (Å²) in [7, 11) is 0. The Bertz CT molecular complexity index is 515. The first-order valence-corrected chi connectivity index (χ1v) is 8.04. The van der Waals surface area contributed by atoms with Crippen LogP contribution in [0.25, 0.3) is 0 Å². The molecule has 0 spiro atoms. The van der Waals surface area contributed by atoms with Crippen LogP contribution >= 0.6 is 0 Å². The highest BCUT2D eigenvalue weighted by molar-refractivity contribution is 5.87. The summed E-state index contributed by atoms with van der Waals surface area (Å²) < 4.78 is 0. The number of carbonyl (C=O) groups is 1. The molecule has 0 unspecified atom stereocenters. The molecule has 0 saturated heterocycles. The van der Waals surface area contributed by atoms with Crippen molar-refractivity contribution < 1.29 is 9.90 Å². The topological polar surface area (TPSA) is 49.3 Å². The smallest absolute Gasteiger partial charge is 0.150 e. The van der Waals surface area contributed by atoms with Crippen LogP contribution in [0.2, 0.25) is 0 Å². The fourth-order valence-electron chi connectivity index (χ4n) is 4.48. The van der Waals surface area contributed by atoms with Gasteiger partial charge in [-0.15, -0.1) is 0 Å². The first-order valence-electron chi connectivity index (χ1n) is 8.04. The fourth-order valence-corrected chi connectivity index (χ4v) is 4.48. The highest BCUT2D eigenvalue weighted by Crippen LogP contribution is 2.48. The van der Waals surface area contributed by atoms with E-state index >= 15 is 0 Å². The lowest BCUT2D eigenvalue weighted by Gasteiger charge is -2.54. The molecule has 3 aliphatic rings. The maximum Gasteiger partial charge on any atom is 0.150 e. The van der Waals surface area contributed by atoms with Gasteiger partial charge in [0.2, 0.25) is 0 Å². The number of aliphatic hydroxyl groups excluding tert-OH is 1. The minimum absolute atomic E-state index is 0.0613. The van der Waals surface area contributed by atoms with Crippen LogP contribution in [0.1, 0.15) is 51.1 Å². The van der Waals surface area contributed by atoms with Crippen molar-refractivity contribution >= 4 is 5.78 Å². The van der Waals surface area contributed by atoms with E-state index in [0.29, 0.717) is 5.92 Å². The van der Waals surface area contributed by atoms with Gasteiger partial charge >= 0.3 is 0 Å². The van der Waals surface area contributed by atoms with Crippen molar-refractivity contribution in [3.8, 4) is 0 Å². The first-order chi connectivity index (χ1) is 10.0. The van der Waals surface area contributed by atoms with E-state index in [2.05, 4.69) is 24.4 Å². The van der Waals surface area contributed by atoms with Crippen LogP contribution in [0.4, 0.5) is 0 Å². The lowest BCUT2D eigenvalue weighted by molar-refractivity contribution is -0.139. The third-order valence-electron chi connectivity index (χ3n) is 5.57. The van der Waals surface area contributed by atoms with Crippen molar-refractivity contribution in [2.75, 3.05) is 0 Å². The molecule has 21 heavy (non-hydrogen) atoms. The van der Waals surface area contributed by atoms with Gasteiger partial charge in [-0.1, -0.05) is 30.3 Å². The van der Waals surface area contributed by atoms with Crippen LogP contribution in [-0.4, -0.2) is 22.5 Å². The summed E-state index contributed by atoms with van der Waals surface area (Å²) in [4.78, 5) is 12.4. The fraction of sp³-hybridized carbons (Fsp3) is 0.611. The van der Waals surface area contributed by atoms with E-state index in [1.165, 1.54) is 5.56 Å². The number of aliphatic hydroxyl groups is 1. The van der Waals surface area contributed by atoms with Gasteiger partial charge in [-0.25, -0.2) is 0 Å². The number of Topliss-reactive ketones (excluding diaryl/α,β-unsaturated/α-hetero) is 1. The first kappa shape index (κ1) is 14.7. The van der Waals surface area contributed by atoms with E-state index in [1.807, 2.05) is 18.2 Å². The van der Waals surface area contributed by atoms with Crippen LogP contribution in [0.5, 0.6) is 0 Å². The molecule has 4 rings (SSSR count). The zero-order valence-corrected chi connectivity index (χ0v) is 12.9. The van der Waals surface area contributed by atoms with Crippen LogP contribution < -0.4 is 5.32 Å². The van der Waals surface area contributed by atoms with E-state index in [4.69, 9.17) is 0 Å². The average molecular weight is 287 g/mol. The molecule has 3 nitrogen and oxygen atoms in total. The minimum Gasteiger partial charge on any atom is -0.393 e. The zero-order valence-electron chi connectivity index (χ0n) is 12.9. The Labute approximate surface area is 126 Å². The van der Waals surface area contributed by atoms with Crippen molar-refractivity contribution in [3.63, 3.8) is 0 Å². The minimum atomic E-state index is -0.546. The Morgan fingerprint density at radius 2 is 2.05 bits per heavy atom. The molecule has 3 aliphatic carbocycles. The maximum atomic E-state index is 12.4. The molecule has 0 heterocycles. The van der Waals surface area contributed by atoms with Crippen LogP contribution in [0, 0.1) is 11.8 Å². The number of hydrogen-bond acceptors (Lipinski definition) is 3. The molecule has 1 aromatic carbocycles. The number of rotatable bonds is 4. The van der Waals surface area contributed by atoms with Crippen LogP contribution in [0.15, 0.2) is 30.3 Å². The van der Waals surface area contributed by atoms with Gasteiger partial charge in [-0.3, -0.25) is 10.1 Å². The van der Waals surface area contributed by atoms with Gasteiger partial charge < -0.3 is 5.11 Å². The Hall–Kier alpha value is -1.19. The molecule has 5 atom stereocenters.